The van der Waals surface area contributed by atoms with Gasteiger partial charge in [-0.3, -0.25) is 4.79 Å². The third kappa shape index (κ3) is 37.9. The number of rotatable bonds is 49. The molecular formula is C58H109NO8. The van der Waals surface area contributed by atoms with Crippen LogP contribution in [0.5, 0.6) is 0 Å². The second-order valence-corrected chi connectivity index (χ2v) is 20.1. The first-order valence-corrected chi connectivity index (χ1v) is 28.7. The SMILES string of the molecule is CCCCCCC/C=C\C/C=C\C/C=C\CCCCCCCCCCC(=O)NC(COC1OC(CO)C(O)C(O)C1O)C(O)CCCCCCCCCCCCCCCCCCCCCCC. The second-order valence-electron chi connectivity index (χ2n) is 20.1. The largest absolute Gasteiger partial charge is 0.394 e. The number of amides is 1. The van der Waals surface area contributed by atoms with Crippen molar-refractivity contribution >= 4 is 5.91 Å². The summed E-state index contributed by atoms with van der Waals surface area (Å²) in [7, 11) is 0. The Kier molecular flexibility index (Phi) is 45.5. The number of ether oxygens (including phenoxy) is 2. The third-order valence-electron chi connectivity index (χ3n) is 13.7. The van der Waals surface area contributed by atoms with Crippen molar-refractivity contribution in [2.45, 2.75) is 314 Å². The summed E-state index contributed by atoms with van der Waals surface area (Å²) in [5.74, 6) is -0.149. The Morgan fingerprint density at radius 1 is 0.507 bits per heavy atom. The molecule has 0 saturated carbocycles. The van der Waals surface area contributed by atoms with Gasteiger partial charge in [0.15, 0.2) is 6.29 Å². The molecule has 1 aliphatic heterocycles. The number of nitrogens with one attached hydrogen (secondary N) is 1. The van der Waals surface area contributed by atoms with Crippen LogP contribution in [0.15, 0.2) is 36.5 Å². The first-order chi connectivity index (χ1) is 32.8. The van der Waals surface area contributed by atoms with E-state index in [-0.39, 0.29) is 12.5 Å². The van der Waals surface area contributed by atoms with Crippen molar-refractivity contribution in [1.29, 1.82) is 0 Å². The van der Waals surface area contributed by atoms with E-state index in [4.69, 9.17) is 9.47 Å². The molecule has 1 rings (SSSR count). The van der Waals surface area contributed by atoms with Crippen LogP contribution in [0.2, 0.25) is 0 Å². The minimum absolute atomic E-state index is 0.140. The number of hydrogen-bond acceptors (Lipinski definition) is 8. The van der Waals surface area contributed by atoms with Crippen molar-refractivity contribution in [1.82, 2.24) is 5.32 Å². The molecule has 1 aliphatic rings. The summed E-state index contributed by atoms with van der Waals surface area (Å²) in [4.78, 5) is 13.1. The van der Waals surface area contributed by atoms with Gasteiger partial charge in [-0.05, 0) is 51.4 Å². The van der Waals surface area contributed by atoms with Gasteiger partial charge in [-0.15, -0.1) is 0 Å². The Morgan fingerprint density at radius 2 is 0.881 bits per heavy atom. The monoisotopic (exact) mass is 948 g/mol. The molecule has 1 fully saturated rings. The van der Waals surface area contributed by atoms with Crippen molar-refractivity contribution < 1.29 is 39.8 Å². The van der Waals surface area contributed by atoms with E-state index in [9.17, 15) is 30.3 Å². The molecule has 1 saturated heterocycles. The summed E-state index contributed by atoms with van der Waals surface area (Å²) in [5.41, 5.74) is 0. The average Bonchev–Trinajstić information content (AvgIpc) is 3.33. The molecule has 1 amide bonds. The highest BCUT2D eigenvalue weighted by Gasteiger charge is 2.44. The molecule has 0 aromatic heterocycles. The maximum atomic E-state index is 13.1. The molecule has 0 radical (unpaired) electrons. The lowest BCUT2D eigenvalue weighted by Gasteiger charge is -2.40. The molecule has 1 heterocycles. The Labute approximate surface area is 412 Å². The Hall–Kier alpha value is -1.59. The van der Waals surface area contributed by atoms with Crippen LogP contribution in [0, 0.1) is 0 Å². The number of carbonyl (C=O) groups excluding carboxylic acids is 1. The standard InChI is InChI=1S/C58H109NO8/c1-3-5-7-9-11-13-15-17-19-21-23-25-26-28-30-32-34-36-38-40-42-44-46-48-54(62)59-51(50-66-58-57(65)56(64)55(63)53(49-60)67-58)52(61)47-45-43-41-39-37-35-33-31-29-27-24-22-20-18-16-14-12-10-8-6-4-2/h15,17,21,23,26,28,51-53,55-58,60-61,63-65H,3-14,16,18-20,22,24-25,27,29-50H2,1-2H3,(H,59,62)/b17-15-,23-21-,28-26-. The Bertz CT molecular complexity index is 1150. The highest BCUT2D eigenvalue weighted by Crippen LogP contribution is 2.23. The fraction of sp³-hybridized carbons (Fsp3) is 0.879. The van der Waals surface area contributed by atoms with Crippen molar-refractivity contribution in [2.75, 3.05) is 13.2 Å². The first-order valence-electron chi connectivity index (χ1n) is 28.7. The van der Waals surface area contributed by atoms with Gasteiger partial charge in [-0.1, -0.05) is 249 Å². The van der Waals surface area contributed by atoms with E-state index in [1.165, 1.54) is 186 Å². The van der Waals surface area contributed by atoms with E-state index < -0.39 is 49.5 Å². The predicted molar refractivity (Wildman–Crippen MR) is 281 cm³/mol. The predicted octanol–water partition coefficient (Wildman–Crippen LogP) is 14.0. The van der Waals surface area contributed by atoms with Crippen LogP contribution in [0.25, 0.3) is 0 Å². The number of carbonyl (C=O) groups is 1. The second kappa shape index (κ2) is 48.1. The van der Waals surface area contributed by atoms with Crippen molar-refractivity contribution in [3.05, 3.63) is 36.5 Å². The highest BCUT2D eigenvalue weighted by atomic mass is 16.7. The maximum absolute atomic E-state index is 13.1. The molecule has 67 heavy (non-hydrogen) atoms. The lowest BCUT2D eigenvalue weighted by Crippen LogP contribution is -2.60. The summed E-state index contributed by atoms with van der Waals surface area (Å²) in [6.07, 6.45) is 54.5. The molecule has 9 nitrogen and oxygen atoms in total. The van der Waals surface area contributed by atoms with E-state index in [2.05, 4.69) is 55.6 Å². The zero-order valence-corrected chi connectivity index (χ0v) is 43.7. The van der Waals surface area contributed by atoms with Crippen LogP contribution in [-0.2, 0) is 14.3 Å². The molecule has 6 N–H and O–H groups in total. The zero-order valence-electron chi connectivity index (χ0n) is 43.7. The summed E-state index contributed by atoms with van der Waals surface area (Å²) in [6.45, 7) is 3.85. The first kappa shape index (κ1) is 63.4. The van der Waals surface area contributed by atoms with Gasteiger partial charge in [0, 0.05) is 6.42 Å². The van der Waals surface area contributed by atoms with E-state index in [1.54, 1.807) is 0 Å². The van der Waals surface area contributed by atoms with Gasteiger partial charge < -0.3 is 40.3 Å². The van der Waals surface area contributed by atoms with E-state index in [0.29, 0.717) is 12.8 Å². The number of allylic oxidation sites excluding steroid dienone is 6. The topological polar surface area (TPSA) is 149 Å². The summed E-state index contributed by atoms with van der Waals surface area (Å²) >= 11 is 0. The minimum Gasteiger partial charge on any atom is -0.394 e. The quantitative estimate of drug-likeness (QED) is 0.0261. The van der Waals surface area contributed by atoms with Gasteiger partial charge >= 0.3 is 0 Å². The summed E-state index contributed by atoms with van der Waals surface area (Å²) < 4.78 is 11.3. The maximum Gasteiger partial charge on any atom is 0.220 e. The fourth-order valence-electron chi connectivity index (χ4n) is 9.17. The van der Waals surface area contributed by atoms with Gasteiger partial charge in [0.1, 0.15) is 24.4 Å². The third-order valence-corrected chi connectivity index (χ3v) is 13.7. The Balaban J connectivity index is 2.23. The van der Waals surface area contributed by atoms with Gasteiger partial charge in [0.2, 0.25) is 5.91 Å². The number of hydrogen-bond donors (Lipinski definition) is 6. The fourth-order valence-corrected chi connectivity index (χ4v) is 9.17. The van der Waals surface area contributed by atoms with Gasteiger partial charge in [0.05, 0.1) is 25.4 Å². The molecule has 0 spiro atoms. The van der Waals surface area contributed by atoms with Crippen LogP contribution >= 0.6 is 0 Å². The van der Waals surface area contributed by atoms with Crippen LogP contribution in [0.4, 0.5) is 0 Å². The molecule has 7 unspecified atom stereocenters. The number of unbranched alkanes of at least 4 members (excludes halogenated alkanes) is 33. The Morgan fingerprint density at radius 3 is 1.30 bits per heavy atom. The van der Waals surface area contributed by atoms with Crippen LogP contribution in [-0.4, -0.2) is 87.5 Å². The van der Waals surface area contributed by atoms with Gasteiger partial charge in [-0.2, -0.15) is 0 Å². The van der Waals surface area contributed by atoms with E-state index >= 15 is 0 Å². The normalized spacial score (nSPS) is 19.9. The summed E-state index contributed by atoms with van der Waals surface area (Å²) in [6, 6.07) is -0.724. The molecule has 7 atom stereocenters. The van der Waals surface area contributed by atoms with Crippen LogP contribution in [0.1, 0.15) is 271 Å². The lowest BCUT2D eigenvalue weighted by molar-refractivity contribution is -0.302. The molecule has 0 bridgehead atoms. The van der Waals surface area contributed by atoms with Crippen molar-refractivity contribution in [2.24, 2.45) is 0 Å². The van der Waals surface area contributed by atoms with Crippen molar-refractivity contribution in [3.8, 4) is 0 Å². The molecular weight excluding hydrogens is 839 g/mol. The molecule has 0 aromatic rings. The van der Waals surface area contributed by atoms with E-state index in [1.807, 2.05) is 0 Å². The molecule has 9 heteroatoms. The molecule has 0 aliphatic carbocycles. The molecule has 0 aromatic carbocycles. The summed E-state index contributed by atoms with van der Waals surface area (Å²) in [5, 5.41) is 54.7. The zero-order chi connectivity index (χ0) is 48.7. The highest BCUT2D eigenvalue weighted by molar-refractivity contribution is 5.76. The average molecular weight is 949 g/mol. The van der Waals surface area contributed by atoms with Crippen molar-refractivity contribution in [3.63, 3.8) is 0 Å². The van der Waals surface area contributed by atoms with Gasteiger partial charge in [-0.25, -0.2) is 0 Å². The smallest absolute Gasteiger partial charge is 0.220 e. The minimum atomic E-state index is -1.56. The van der Waals surface area contributed by atoms with Gasteiger partial charge in [0.25, 0.3) is 0 Å². The van der Waals surface area contributed by atoms with E-state index in [0.717, 1.165) is 57.8 Å². The number of aliphatic hydroxyl groups is 5. The molecule has 394 valence electrons. The number of aliphatic hydroxyl groups excluding tert-OH is 5. The van der Waals surface area contributed by atoms with Crippen LogP contribution < -0.4 is 5.32 Å². The van der Waals surface area contributed by atoms with Crippen LogP contribution in [0.3, 0.4) is 0 Å². The lowest BCUT2D eigenvalue weighted by atomic mass is 9.99.